The molecule has 1 aliphatic rings. The first kappa shape index (κ1) is 16.3. The first-order chi connectivity index (χ1) is 11.8. The van der Waals surface area contributed by atoms with Gasteiger partial charge in [-0.25, -0.2) is 4.79 Å². The number of carbonyl (C=O) groups is 1. The summed E-state index contributed by atoms with van der Waals surface area (Å²) in [6, 6.07) is 18.0. The lowest BCUT2D eigenvalue weighted by molar-refractivity contribution is -0.139. The van der Waals surface area contributed by atoms with E-state index in [1.807, 2.05) is 49.4 Å². The number of fused-ring (bicyclic) bond motifs is 1. The van der Waals surface area contributed by atoms with Crippen LogP contribution in [0.1, 0.15) is 43.7 Å². The summed E-state index contributed by atoms with van der Waals surface area (Å²) in [7, 11) is 0. The van der Waals surface area contributed by atoms with E-state index in [4.69, 9.17) is 9.47 Å². The second-order valence-electron chi connectivity index (χ2n) is 5.79. The van der Waals surface area contributed by atoms with Gasteiger partial charge in [0.05, 0.1) is 12.2 Å². The number of para-hydroxylation sites is 1. The molecule has 0 bridgehead atoms. The summed E-state index contributed by atoms with van der Waals surface area (Å²) in [5.41, 5.74) is 2.71. The zero-order valence-electron chi connectivity index (χ0n) is 14.1. The summed E-state index contributed by atoms with van der Waals surface area (Å²) in [6.45, 7) is 4.26. The van der Waals surface area contributed by atoms with E-state index in [0.29, 0.717) is 18.6 Å². The fraction of sp³-hybridized carbons (Fsp3) is 0.286. The van der Waals surface area contributed by atoms with Gasteiger partial charge in [-0.3, -0.25) is 0 Å². The fourth-order valence-electron chi connectivity index (χ4n) is 3.16. The molecule has 0 fully saturated rings. The number of rotatable bonds is 5. The van der Waals surface area contributed by atoms with Crippen molar-refractivity contribution < 1.29 is 14.3 Å². The second-order valence-corrected chi connectivity index (χ2v) is 5.79. The highest BCUT2D eigenvalue weighted by molar-refractivity contribution is 5.92. The van der Waals surface area contributed by atoms with Gasteiger partial charge in [0.25, 0.3) is 0 Å². The minimum absolute atomic E-state index is 0.156. The molecule has 1 heterocycles. The lowest BCUT2D eigenvalue weighted by Crippen LogP contribution is -2.24. The maximum atomic E-state index is 12.7. The van der Waals surface area contributed by atoms with Gasteiger partial charge in [-0.2, -0.15) is 0 Å². The average molecular weight is 322 g/mol. The van der Waals surface area contributed by atoms with Crippen molar-refractivity contribution in [1.82, 2.24) is 0 Å². The van der Waals surface area contributed by atoms with Crippen molar-refractivity contribution >= 4 is 5.97 Å². The third kappa shape index (κ3) is 3.07. The van der Waals surface area contributed by atoms with Crippen LogP contribution in [-0.2, 0) is 9.53 Å². The Bertz CT molecular complexity index is 747. The molecule has 1 atom stereocenters. The third-order valence-corrected chi connectivity index (χ3v) is 4.16. The number of hydrogen-bond acceptors (Lipinski definition) is 3. The van der Waals surface area contributed by atoms with Gasteiger partial charge in [0.2, 0.25) is 0 Å². The summed E-state index contributed by atoms with van der Waals surface area (Å²) < 4.78 is 11.4. The summed E-state index contributed by atoms with van der Waals surface area (Å²) in [5.74, 6) is 1.10. The number of hydrogen-bond donors (Lipinski definition) is 0. The van der Waals surface area contributed by atoms with E-state index in [0.717, 1.165) is 29.1 Å². The maximum Gasteiger partial charge on any atom is 0.338 e. The van der Waals surface area contributed by atoms with E-state index in [1.165, 1.54) is 0 Å². The predicted molar refractivity (Wildman–Crippen MR) is 93.9 cm³/mol. The molecule has 0 saturated carbocycles. The van der Waals surface area contributed by atoms with E-state index in [2.05, 4.69) is 19.1 Å². The topological polar surface area (TPSA) is 35.5 Å². The Hall–Kier alpha value is -2.55. The Labute approximate surface area is 142 Å². The van der Waals surface area contributed by atoms with Crippen LogP contribution in [0.2, 0.25) is 0 Å². The smallest absolute Gasteiger partial charge is 0.338 e. The van der Waals surface area contributed by atoms with Gasteiger partial charge >= 0.3 is 5.97 Å². The van der Waals surface area contributed by atoms with E-state index in [9.17, 15) is 4.79 Å². The van der Waals surface area contributed by atoms with E-state index in [1.54, 1.807) is 0 Å². The van der Waals surface area contributed by atoms with Crippen LogP contribution in [0.15, 0.2) is 65.9 Å². The largest absolute Gasteiger partial charge is 0.463 e. The molecule has 1 aliphatic heterocycles. The molecule has 0 radical (unpaired) electrons. The molecule has 24 heavy (non-hydrogen) atoms. The maximum absolute atomic E-state index is 12.7. The van der Waals surface area contributed by atoms with Gasteiger partial charge < -0.3 is 9.47 Å². The van der Waals surface area contributed by atoms with Crippen LogP contribution in [0, 0.1) is 0 Å². The molecule has 0 amide bonds. The van der Waals surface area contributed by atoms with Crippen LogP contribution in [0.25, 0.3) is 0 Å². The summed E-state index contributed by atoms with van der Waals surface area (Å²) in [6.07, 6.45) is 1.62. The van der Waals surface area contributed by atoms with Gasteiger partial charge in [0, 0.05) is 17.9 Å². The van der Waals surface area contributed by atoms with Crippen molar-refractivity contribution in [3.05, 3.63) is 77.1 Å². The van der Waals surface area contributed by atoms with Crippen LogP contribution >= 0.6 is 0 Å². The molecule has 2 aromatic carbocycles. The quantitative estimate of drug-likeness (QED) is 0.740. The SMILES string of the molecule is CCCC1=C(C(=O)OCC)C(c2ccccc2)c2ccccc2O1. The average Bonchev–Trinajstić information content (AvgIpc) is 2.61. The van der Waals surface area contributed by atoms with Crippen molar-refractivity contribution in [3.8, 4) is 5.75 Å². The Morgan fingerprint density at radius 1 is 1.04 bits per heavy atom. The highest BCUT2D eigenvalue weighted by Crippen LogP contribution is 2.44. The molecule has 1 unspecified atom stereocenters. The Balaban J connectivity index is 2.19. The zero-order valence-corrected chi connectivity index (χ0v) is 14.1. The molecule has 2 aromatic rings. The van der Waals surface area contributed by atoms with Crippen LogP contribution < -0.4 is 4.74 Å². The van der Waals surface area contributed by atoms with E-state index >= 15 is 0 Å². The van der Waals surface area contributed by atoms with Gasteiger partial charge in [-0.15, -0.1) is 0 Å². The summed E-state index contributed by atoms with van der Waals surface area (Å²) in [5, 5.41) is 0. The second kappa shape index (κ2) is 7.35. The minimum atomic E-state index is -0.288. The highest BCUT2D eigenvalue weighted by Gasteiger charge is 2.35. The molecule has 0 aromatic heterocycles. The van der Waals surface area contributed by atoms with Gasteiger partial charge in [0.1, 0.15) is 11.5 Å². The Kier molecular flexibility index (Phi) is 4.99. The molecule has 124 valence electrons. The Morgan fingerprint density at radius 2 is 1.75 bits per heavy atom. The monoisotopic (exact) mass is 322 g/mol. The first-order valence-electron chi connectivity index (χ1n) is 8.48. The standard InChI is InChI=1S/C21H22O3/c1-3-10-18-20(21(22)23-4-2)19(15-11-6-5-7-12-15)16-13-8-9-14-17(16)24-18/h5-9,11-14,19H,3-4,10H2,1-2H3. The summed E-state index contributed by atoms with van der Waals surface area (Å²) >= 11 is 0. The van der Waals surface area contributed by atoms with Crippen LogP contribution in [0.5, 0.6) is 5.75 Å². The van der Waals surface area contributed by atoms with E-state index < -0.39 is 0 Å². The van der Waals surface area contributed by atoms with Crippen molar-refractivity contribution in [2.24, 2.45) is 0 Å². The zero-order chi connectivity index (χ0) is 16.9. The van der Waals surface area contributed by atoms with Crippen molar-refractivity contribution in [3.63, 3.8) is 0 Å². The minimum Gasteiger partial charge on any atom is -0.463 e. The highest BCUT2D eigenvalue weighted by atomic mass is 16.5. The number of ether oxygens (including phenoxy) is 2. The third-order valence-electron chi connectivity index (χ3n) is 4.16. The molecule has 0 saturated heterocycles. The van der Waals surface area contributed by atoms with Gasteiger partial charge in [0.15, 0.2) is 0 Å². The molecular formula is C21H22O3. The normalized spacial score (nSPS) is 16.3. The molecule has 3 nitrogen and oxygen atoms in total. The van der Waals surface area contributed by atoms with Gasteiger partial charge in [-0.1, -0.05) is 55.5 Å². The number of esters is 1. The van der Waals surface area contributed by atoms with Crippen LogP contribution in [0.4, 0.5) is 0 Å². The predicted octanol–water partition coefficient (Wildman–Crippen LogP) is 4.83. The number of benzene rings is 2. The van der Waals surface area contributed by atoms with Crippen molar-refractivity contribution in [1.29, 1.82) is 0 Å². The molecular weight excluding hydrogens is 300 g/mol. The van der Waals surface area contributed by atoms with Crippen molar-refractivity contribution in [2.75, 3.05) is 6.61 Å². The van der Waals surface area contributed by atoms with Gasteiger partial charge in [-0.05, 0) is 25.0 Å². The first-order valence-corrected chi connectivity index (χ1v) is 8.48. The molecule has 0 N–H and O–H groups in total. The summed E-state index contributed by atoms with van der Waals surface area (Å²) in [4.78, 5) is 12.7. The molecule has 3 heteroatoms. The molecule has 0 aliphatic carbocycles. The van der Waals surface area contributed by atoms with Crippen LogP contribution in [0.3, 0.4) is 0 Å². The number of carbonyl (C=O) groups excluding carboxylic acids is 1. The molecule has 3 rings (SSSR count). The lowest BCUT2D eigenvalue weighted by atomic mass is 9.81. The molecule has 0 spiro atoms. The fourth-order valence-corrected chi connectivity index (χ4v) is 3.16. The lowest BCUT2D eigenvalue weighted by Gasteiger charge is -2.30. The van der Waals surface area contributed by atoms with Crippen LogP contribution in [-0.4, -0.2) is 12.6 Å². The van der Waals surface area contributed by atoms with E-state index in [-0.39, 0.29) is 11.9 Å². The van der Waals surface area contributed by atoms with Crippen molar-refractivity contribution in [2.45, 2.75) is 32.6 Å². The number of allylic oxidation sites excluding steroid dienone is 1. The Morgan fingerprint density at radius 3 is 2.46 bits per heavy atom.